The van der Waals surface area contributed by atoms with Gasteiger partial charge in [-0.2, -0.15) is 0 Å². The van der Waals surface area contributed by atoms with Gasteiger partial charge in [0.1, 0.15) is 0 Å². The van der Waals surface area contributed by atoms with Gasteiger partial charge in [-0.05, 0) is 34.2 Å². The van der Waals surface area contributed by atoms with Crippen LogP contribution in [0.15, 0.2) is 60.8 Å². The van der Waals surface area contributed by atoms with Gasteiger partial charge in [-0.3, -0.25) is 4.98 Å². The Morgan fingerprint density at radius 2 is 1.72 bits per heavy atom. The maximum absolute atomic E-state index is 14.4. The van der Waals surface area contributed by atoms with Crippen LogP contribution in [0.2, 0.25) is 18.1 Å². The van der Waals surface area contributed by atoms with Crippen LogP contribution in [-0.2, 0) is 6.42 Å². The maximum atomic E-state index is 14.4. The molecule has 0 N–H and O–H groups in total. The van der Waals surface area contributed by atoms with Gasteiger partial charge in [0.25, 0.3) is 0 Å². The van der Waals surface area contributed by atoms with Crippen LogP contribution >= 0.6 is 0 Å². The molecular weight excluding hydrogens is 373 g/mol. The zero-order valence-corrected chi connectivity index (χ0v) is 19.0. The fourth-order valence-corrected chi connectivity index (χ4v) is 4.35. The van der Waals surface area contributed by atoms with Gasteiger partial charge in [-0.15, -0.1) is 0 Å². The Morgan fingerprint density at radius 1 is 1.03 bits per heavy atom. The molecule has 0 bridgehead atoms. The van der Waals surface area contributed by atoms with E-state index < -0.39 is 14.2 Å². The zero-order chi connectivity index (χ0) is 21.1. The van der Waals surface area contributed by atoms with E-state index in [1.807, 2.05) is 42.6 Å². The highest BCUT2D eigenvalue weighted by Gasteiger charge is 2.37. The topological polar surface area (TPSA) is 12.9 Å². The van der Waals surface area contributed by atoms with Crippen molar-refractivity contribution in [2.75, 3.05) is 0 Å². The Balaban J connectivity index is 1.69. The molecule has 0 aliphatic heterocycles. The minimum absolute atomic E-state index is 0.121. The predicted octanol–water partition coefficient (Wildman–Crippen LogP) is 6.77. The number of pyridine rings is 1. The van der Waals surface area contributed by atoms with Crippen molar-refractivity contribution in [1.82, 2.24) is 4.98 Å². The first-order valence-electron chi connectivity index (χ1n) is 10.1. The Morgan fingerprint density at radius 3 is 2.41 bits per heavy atom. The average Bonchev–Trinajstić information content (AvgIpc) is 2.66. The highest BCUT2D eigenvalue weighted by Crippen LogP contribution is 2.38. The van der Waals surface area contributed by atoms with E-state index in [0.29, 0.717) is 0 Å². The van der Waals surface area contributed by atoms with Gasteiger partial charge in [-0.25, -0.2) is 4.39 Å². The summed E-state index contributed by atoms with van der Waals surface area (Å²) in [6, 6.07) is 20.2. The lowest BCUT2D eigenvalue weighted by molar-refractivity contribution is 0.466. The first-order chi connectivity index (χ1) is 13.7. The van der Waals surface area contributed by atoms with Crippen LogP contribution in [0.1, 0.15) is 37.6 Å². The summed E-state index contributed by atoms with van der Waals surface area (Å²) in [6.07, 6.45) is 1.44. The van der Waals surface area contributed by atoms with E-state index in [9.17, 15) is 4.39 Å². The highest BCUT2D eigenvalue weighted by atomic mass is 28.3. The average molecular weight is 403 g/mol. The van der Waals surface area contributed by atoms with Gasteiger partial charge in [0.2, 0.25) is 0 Å². The third-order valence-corrected chi connectivity index (χ3v) is 10.9. The van der Waals surface area contributed by atoms with Gasteiger partial charge in [0.15, 0.2) is 6.17 Å². The number of halogens is 1. The second-order valence-electron chi connectivity index (χ2n) is 9.16. The maximum Gasteiger partial charge on any atom is 0.161 e. The molecule has 0 saturated heterocycles. The minimum atomic E-state index is -1.79. The first-order valence-corrected chi connectivity index (χ1v) is 13.2. The van der Waals surface area contributed by atoms with E-state index in [-0.39, 0.29) is 5.04 Å². The van der Waals surface area contributed by atoms with Crippen LogP contribution in [0, 0.1) is 17.9 Å². The van der Waals surface area contributed by atoms with Crippen LogP contribution in [-0.4, -0.2) is 19.2 Å². The van der Waals surface area contributed by atoms with Crippen molar-refractivity contribution in [1.29, 1.82) is 0 Å². The summed E-state index contributed by atoms with van der Waals surface area (Å²) in [6.45, 7) is 10.9. The summed E-state index contributed by atoms with van der Waals surface area (Å²) >= 11 is 0. The van der Waals surface area contributed by atoms with E-state index in [0.717, 1.165) is 17.7 Å². The van der Waals surface area contributed by atoms with Crippen LogP contribution in [0.4, 0.5) is 4.39 Å². The number of hydrogen-bond donors (Lipinski definition) is 0. The van der Waals surface area contributed by atoms with Crippen molar-refractivity contribution in [2.45, 2.75) is 51.5 Å². The molecule has 0 spiro atoms. The molecule has 3 rings (SSSR count). The van der Waals surface area contributed by atoms with E-state index in [4.69, 9.17) is 0 Å². The summed E-state index contributed by atoms with van der Waals surface area (Å²) in [4.78, 5) is 4.56. The lowest BCUT2D eigenvalue weighted by Gasteiger charge is -2.36. The molecule has 1 unspecified atom stereocenters. The summed E-state index contributed by atoms with van der Waals surface area (Å²) in [5.41, 5.74) is 3.07. The Bertz CT molecular complexity index is 1030. The standard InChI is InChI=1S/C26H29FNSi/c1-26(2,3)29(4,5)19-23(27)15-14-20-10-12-21(13-11-20)18-25-24-9-7-6-8-22(24)16-17-28-25/h6-13,16-17,19,23H,18H2,1-5H3. The molecule has 1 atom stereocenters. The fraction of sp³-hybridized carbons (Fsp3) is 0.308. The summed E-state index contributed by atoms with van der Waals surface area (Å²) < 4.78 is 14.4. The SMILES string of the molecule is CC(C)(C)[Si](C)(C)[CH]C(F)C#Cc1ccc(Cc2nccc3ccccc23)cc1. The van der Waals surface area contributed by atoms with Gasteiger partial charge in [-0.1, -0.05) is 82.1 Å². The molecule has 1 aromatic heterocycles. The third-order valence-electron chi connectivity index (χ3n) is 5.93. The Kier molecular flexibility index (Phi) is 6.24. The van der Waals surface area contributed by atoms with Crippen molar-refractivity contribution >= 4 is 18.8 Å². The van der Waals surface area contributed by atoms with Crippen molar-refractivity contribution in [3.05, 3.63) is 83.7 Å². The third kappa shape index (κ3) is 5.34. The van der Waals surface area contributed by atoms with Crippen molar-refractivity contribution in [2.24, 2.45) is 0 Å². The molecule has 0 aliphatic carbocycles. The number of fused-ring (bicyclic) bond motifs is 1. The number of benzene rings is 2. The van der Waals surface area contributed by atoms with Crippen molar-refractivity contribution in [3.8, 4) is 11.8 Å². The number of alkyl halides is 1. The molecule has 0 saturated carbocycles. The summed E-state index contributed by atoms with van der Waals surface area (Å²) in [5, 5.41) is 2.50. The lowest BCUT2D eigenvalue weighted by atomic mass is 10.0. The number of aromatic nitrogens is 1. The molecule has 1 heterocycles. The summed E-state index contributed by atoms with van der Waals surface area (Å²) in [7, 11) is -1.79. The van der Waals surface area contributed by atoms with Crippen LogP contribution in [0.25, 0.3) is 10.8 Å². The van der Waals surface area contributed by atoms with Gasteiger partial charge >= 0.3 is 0 Å². The fourth-order valence-electron chi connectivity index (χ4n) is 3.03. The van der Waals surface area contributed by atoms with E-state index >= 15 is 0 Å². The molecule has 0 fully saturated rings. The normalized spacial score (nSPS) is 13.0. The Hall–Kier alpha value is -2.44. The second-order valence-corrected chi connectivity index (χ2v) is 14.4. The smallest absolute Gasteiger partial charge is 0.161 e. The molecular formula is C26H29FNSi. The van der Waals surface area contributed by atoms with Crippen LogP contribution < -0.4 is 0 Å². The monoisotopic (exact) mass is 402 g/mol. The van der Waals surface area contributed by atoms with Crippen LogP contribution in [0.5, 0.6) is 0 Å². The number of nitrogens with zero attached hydrogens (tertiary/aromatic N) is 1. The molecule has 0 aliphatic rings. The van der Waals surface area contributed by atoms with Gasteiger partial charge in [0.05, 0.1) is 13.8 Å². The molecule has 3 heteroatoms. The molecule has 149 valence electrons. The molecule has 29 heavy (non-hydrogen) atoms. The molecule has 0 amide bonds. The first kappa shape index (κ1) is 21.3. The Labute approximate surface area is 175 Å². The van der Waals surface area contributed by atoms with E-state index in [1.54, 1.807) is 0 Å². The molecule has 3 aromatic rings. The van der Waals surface area contributed by atoms with E-state index in [1.165, 1.54) is 16.3 Å². The number of hydrogen-bond acceptors (Lipinski definition) is 1. The van der Waals surface area contributed by atoms with Crippen molar-refractivity contribution in [3.63, 3.8) is 0 Å². The zero-order valence-electron chi connectivity index (χ0n) is 18.0. The van der Waals surface area contributed by atoms with Crippen molar-refractivity contribution < 1.29 is 4.39 Å². The predicted molar refractivity (Wildman–Crippen MR) is 124 cm³/mol. The van der Waals surface area contributed by atoms with E-state index in [2.05, 4.69) is 75.0 Å². The molecule has 1 radical (unpaired) electrons. The highest BCUT2D eigenvalue weighted by molar-refractivity contribution is 6.83. The largest absolute Gasteiger partial charge is 0.260 e. The molecule has 2 aromatic carbocycles. The summed E-state index contributed by atoms with van der Waals surface area (Å²) in [5.74, 6) is 5.76. The second kappa shape index (κ2) is 8.51. The van der Waals surface area contributed by atoms with Gasteiger partial charge < -0.3 is 0 Å². The number of rotatable bonds is 4. The molecule has 1 nitrogen and oxygen atoms in total. The van der Waals surface area contributed by atoms with Gasteiger partial charge in [0, 0.05) is 29.6 Å². The quantitative estimate of drug-likeness (QED) is 0.347. The van der Waals surface area contributed by atoms with Crippen LogP contribution in [0.3, 0.4) is 0 Å². The minimum Gasteiger partial charge on any atom is -0.260 e. The lowest BCUT2D eigenvalue weighted by Crippen LogP contribution is -2.40.